The smallest absolute Gasteiger partial charge is 0.0613 e. The molecule has 2 N–H and O–H groups in total. The summed E-state index contributed by atoms with van der Waals surface area (Å²) in [6, 6.07) is 0.672. The van der Waals surface area contributed by atoms with Crippen LogP contribution in [0.3, 0.4) is 0 Å². The van der Waals surface area contributed by atoms with Gasteiger partial charge in [-0.2, -0.15) is 0 Å². The SMILES string of the molecule is CCC(CO)(CCCN(C)CC(C)C)NC1CC1. The Morgan fingerprint density at radius 3 is 2.50 bits per heavy atom. The van der Waals surface area contributed by atoms with Crippen molar-refractivity contribution in [1.82, 2.24) is 10.2 Å². The Kier molecular flexibility index (Phi) is 6.61. The number of aliphatic hydroxyl groups excluding tert-OH is 1. The second-order valence-corrected chi connectivity index (χ2v) is 6.47. The quantitative estimate of drug-likeness (QED) is 0.629. The fraction of sp³-hybridized carbons (Fsp3) is 1.00. The molecule has 0 amide bonds. The Morgan fingerprint density at radius 1 is 1.39 bits per heavy atom. The van der Waals surface area contributed by atoms with E-state index >= 15 is 0 Å². The molecule has 0 aliphatic heterocycles. The minimum Gasteiger partial charge on any atom is -0.394 e. The van der Waals surface area contributed by atoms with Gasteiger partial charge in [-0.3, -0.25) is 0 Å². The standard InChI is InChI=1S/C15H32N2O/c1-5-15(12-18,16-14-7-8-14)9-6-10-17(4)11-13(2)3/h13-14,16,18H,5-12H2,1-4H3. The highest BCUT2D eigenvalue weighted by molar-refractivity contribution is 4.94. The summed E-state index contributed by atoms with van der Waals surface area (Å²) in [7, 11) is 2.20. The van der Waals surface area contributed by atoms with Crippen LogP contribution in [-0.2, 0) is 0 Å². The minimum atomic E-state index is -0.0279. The van der Waals surface area contributed by atoms with Crippen molar-refractivity contribution in [3.05, 3.63) is 0 Å². The van der Waals surface area contributed by atoms with Crippen molar-refractivity contribution in [2.45, 2.75) is 64.5 Å². The maximum absolute atomic E-state index is 9.69. The summed E-state index contributed by atoms with van der Waals surface area (Å²) in [5.41, 5.74) is -0.0279. The van der Waals surface area contributed by atoms with Gasteiger partial charge in [0, 0.05) is 18.1 Å². The molecule has 3 nitrogen and oxygen atoms in total. The molecule has 1 aliphatic rings. The zero-order valence-corrected chi connectivity index (χ0v) is 12.7. The zero-order chi connectivity index (χ0) is 13.6. The first-order valence-electron chi connectivity index (χ1n) is 7.58. The van der Waals surface area contributed by atoms with Crippen LogP contribution in [0, 0.1) is 5.92 Å². The summed E-state index contributed by atoms with van der Waals surface area (Å²) in [6.45, 7) is 9.27. The predicted molar refractivity (Wildman–Crippen MR) is 77.8 cm³/mol. The van der Waals surface area contributed by atoms with Crippen molar-refractivity contribution < 1.29 is 5.11 Å². The molecule has 0 spiro atoms. The molecular weight excluding hydrogens is 224 g/mol. The van der Waals surface area contributed by atoms with Crippen molar-refractivity contribution in [2.75, 3.05) is 26.7 Å². The molecule has 0 aromatic rings. The van der Waals surface area contributed by atoms with Gasteiger partial charge in [0.25, 0.3) is 0 Å². The molecule has 1 rings (SSSR count). The van der Waals surface area contributed by atoms with Gasteiger partial charge < -0.3 is 15.3 Å². The van der Waals surface area contributed by atoms with Crippen LogP contribution in [0.25, 0.3) is 0 Å². The number of hydrogen-bond acceptors (Lipinski definition) is 3. The number of aliphatic hydroxyl groups is 1. The summed E-state index contributed by atoms with van der Waals surface area (Å²) in [5, 5.41) is 13.3. The zero-order valence-electron chi connectivity index (χ0n) is 12.7. The van der Waals surface area contributed by atoms with E-state index in [0.717, 1.165) is 38.3 Å². The van der Waals surface area contributed by atoms with Crippen molar-refractivity contribution >= 4 is 0 Å². The van der Waals surface area contributed by atoms with Crippen LogP contribution < -0.4 is 5.32 Å². The lowest BCUT2D eigenvalue weighted by Crippen LogP contribution is -2.49. The second-order valence-electron chi connectivity index (χ2n) is 6.47. The fourth-order valence-corrected chi connectivity index (χ4v) is 2.65. The van der Waals surface area contributed by atoms with Crippen LogP contribution in [0.1, 0.15) is 52.9 Å². The first kappa shape index (κ1) is 15.9. The third-order valence-corrected chi connectivity index (χ3v) is 3.94. The van der Waals surface area contributed by atoms with Gasteiger partial charge in [0.15, 0.2) is 0 Å². The van der Waals surface area contributed by atoms with Gasteiger partial charge in [0.2, 0.25) is 0 Å². The Morgan fingerprint density at radius 2 is 2.06 bits per heavy atom. The summed E-state index contributed by atoms with van der Waals surface area (Å²) in [6.07, 6.45) is 5.84. The molecule has 1 fully saturated rings. The van der Waals surface area contributed by atoms with E-state index in [9.17, 15) is 5.11 Å². The molecule has 1 saturated carbocycles. The number of hydrogen-bond donors (Lipinski definition) is 2. The van der Waals surface area contributed by atoms with Gasteiger partial charge in [-0.05, 0) is 51.6 Å². The maximum atomic E-state index is 9.69. The number of nitrogens with zero attached hydrogens (tertiary/aromatic N) is 1. The summed E-state index contributed by atoms with van der Waals surface area (Å²) >= 11 is 0. The normalized spacial score (nSPS) is 19.5. The molecule has 3 heteroatoms. The first-order chi connectivity index (χ1) is 8.51. The third-order valence-electron chi connectivity index (χ3n) is 3.94. The van der Waals surface area contributed by atoms with E-state index in [1.54, 1.807) is 0 Å². The molecule has 0 bridgehead atoms. The van der Waals surface area contributed by atoms with Crippen LogP contribution in [0.5, 0.6) is 0 Å². The van der Waals surface area contributed by atoms with E-state index < -0.39 is 0 Å². The molecule has 108 valence electrons. The highest BCUT2D eigenvalue weighted by Crippen LogP contribution is 2.26. The molecule has 1 aliphatic carbocycles. The minimum absolute atomic E-state index is 0.0279. The number of rotatable bonds is 10. The van der Waals surface area contributed by atoms with E-state index in [2.05, 4.69) is 38.0 Å². The predicted octanol–water partition coefficient (Wildman–Crippen LogP) is 2.25. The Balaban J connectivity index is 2.28. The van der Waals surface area contributed by atoms with Crippen LogP contribution in [0.4, 0.5) is 0 Å². The third kappa shape index (κ3) is 5.68. The van der Waals surface area contributed by atoms with Gasteiger partial charge in [0.1, 0.15) is 0 Å². The average molecular weight is 256 g/mol. The van der Waals surface area contributed by atoms with Gasteiger partial charge in [-0.1, -0.05) is 20.8 Å². The van der Waals surface area contributed by atoms with E-state index in [0.29, 0.717) is 6.04 Å². The first-order valence-corrected chi connectivity index (χ1v) is 7.58. The molecule has 0 aromatic carbocycles. The summed E-state index contributed by atoms with van der Waals surface area (Å²) in [5.74, 6) is 0.730. The van der Waals surface area contributed by atoms with Gasteiger partial charge in [0.05, 0.1) is 6.61 Å². The largest absolute Gasteiger partial charge is 0.394 e. The summed E-state index contributed by atoms with van der Waals surface area (Å²) < 4.78 is 0. The van der Waals surface area contributed by atoms with E-state index in [1.807, 2.05) is 0 Å². The van der Waals surface area contributed by atoms with Crippen LogP contribution in [0.15, 0.2) is 0 Å². The average Bonchev–Trinajstić information content (AvgIpc) is 3.10. The lowest BCUT2D eigenvalue weighted by Gasteiger charge is -2.33. The van der Waals surface area contributed by atoms with Crippen molar-refractivity contribution in [3.8, 4) is 0 Å². The lowest BCUT2D eigenvalue weighted by atomic mass is 9.91. The molecule has 1 unspecified atom stereocenters. The van der Waals surface area contributed by atoms with E-state index in [4.69, 9.17) is 0 Å². The molecule has 1 atom stereocenters. The second kappa shape index (κ2) is 7.46. The topological polar surface area (TPSA) is 35.5 Å². The molecule has 18 heavy (non-hydrogen) atoms. The van der Waals surface area contributed by atoms with Crippen molar-refractivity contribution in [1.29, 1.82) is 0 Å². The highest BCUT2D eigenvalue weighted by atomic mass is 16.3. The Hall–Kier alpha value is -0.120. The van der Waals surface area contributed by atoms with E-state index in [-0.39, 0.29) is 12.1 Å². The van der Waals surface area contributed by atoms with Crippen LogP contribution in [0.2, 0.25) is 0 Å². The lowest BCUT2D eigenvalue weighted by molar-refractivity contribution is 0.137. The highest BCUT2D eigenvalue weighted by Gasteiger charge is 2.33. The van der Waals surface area contributed by atoms with Gasteiger partial charge in [-0.15, -0.1) is 0 Å². The molecular formula is C15H32N2O. The van der Waals surface area contributed by atoms with E-state index in [1.165, 1.54) is 12.8 Å². The van der Waals surface area contributed by atoms with Gasteiger partial charge >= 0.3 is 0 Å². The molecule has 0 heterocycles. The monoisotopic (exact) mass is 256 g/mol. The van der Waals surface area contributed by atoms with Crippen molar-refractivity contribution in [3.63, 3.8) is 0 Å². The Labute approximate surface area is 113 Å². The Bertz CT molecular complexity index is 223. The number of nitrogens with one attached hydrogen (secondary N) is 1. The maximum Gasteiger partial charge on any atom is 0.0613 e. The van der Waals surface area contributed by atoms with Crippen LogP contribution in [-0.4, -0.2) is 48.3 Å². The van der Waals surface area contributed by atoms with Crippen molar-refractivity contribution in [2.24, 2.45) is 5.92 Å². The summed E-state index contributed by atoms with van der Waals surface area (Å²) in [4.78, 5) is 2.40. The van der Waals surface area contributed by atoms with Crippen LogP contribution >= 0.6 is 0 Å². The van der Waals surface area contributed by atoms with Gasteiger partial charge in [-0.25, -0.2) is 0 Å². The molecule has 0 saturated heterocycles. The molecule has 0 radical (unpaired) electrons. The molecule has 0 aromatic heterocycles. The fourth-order valence-electron chi connectivity index (χ4n) is 2.65.